The van der Waals surface area contributed by atoms with Crippen molar-refractivity contribution >= 4 is 33.1 Å². The molecule has 3 heterocycles. The molecular formula is C30H37N7OS. The number of benzene rings is 2. The summed E-state index contributed by atoms with van der Waals surface area (Å²) >= 11 is 1.71. The van der Waals surface area contributed by atoms with Gasteiger partial charge in [-0.3, -0.25) is 4.79 Å². The van der Waals surface area contributed by atoms with E-state index in [1.54, 1.807) is 11.3 Å². The van der Waals surface area contributed by atoms with Crippen LogP contribution in [0.2, 0.25) is 0 Å². The Hall–Kier alpha value is -3.27. The zero-order valence-electron chi connectivity index (χ0n) is 22.5. The molecule has 6 rings (SSSR count). The second-order valence-corrected chi connectivity index (χ2v) is 12.0. The molecule has 1 saturated carbocycles. The second-order valence-electron chi connectivity index (χ2n) is 10.7. The molecule has 0 unspecified atom stereocenters. The van der Waals surface area contributed by atoms with Crippen molar-refractivity contribution in [3.05, 3.63) is 65.6 Å². The predicted molar refractivity (Wildman–Crippen MR) is 158 cm³/mol. The Bertz CT molecular complexity index is 1430. The fraction of sp³-hybridized carbons (Fsp3) is 0.433. The molecule has 2 aromatic heterocycles. The number of carbonyl (C=O) groups is 1. The molecule has 4 aromatic rings. The van der Waals surface area contributed by atoms with E-state index in [1.807, 2.05) is 36.4 Å². The summed E-state index contributed by atoms with van der Waals surface area (Å²) in [5.41, 5.74) is 11.1. The van der Waals surface area contributed by atoms with Gasteiger partial charge < -0.3 is 25.8 Å². The van der Waals surface area contributed by atoms with Crippen molar-refractivity contribution in [1.82, 2.24) is 24.8 Å². The Morgan fingerprint density at radius 1 is 1.18 bits per heavy atom. The van der Waals surface area contributed by atoms with Crippen molar-refractivity contribution in [3.8, 4) is 11.3 Å². The number of nitrogens with one attached hydrogen (secondary N) is 2. The molecule has 8 nitrogen and oxygen atoms in total. The summed E-state index contributed by atoms with van der Waals surface area (Å²) in [6.45, 7) is 5.02. The smallest absolute Gasteiger partial charge is 0.275 e. The van der Waals surface area contributed by atoms with E-state index in [2.05, 4.69) is 50.5 Å². The van der Waals surface area contributed by atoms with Crippen molar-refractivity contribution in [3.63, 3.8) is 0 Å². The number of amides is 1. The number of rotatable bonds is 7. The Morgan fingerprint density at radius 2 is 2.03 bits per heavy atom. The van der Waals surface area contributed by atoms with Gasteiger partial charge in [-0.05, 0) is 44.4 Å². The Kier molecular flexibility index (Phi) is 7.63. The minimum Gasteiger partial charge on any atom is -0.385 e. The highest BCUT2D eigenvalue weighted by atomic mass is 32.1. The summed E-state index contributed by atoms with van der Waals surface area (Å²) < 4.78 is 3.38. The zero-order chi connectivity index (χ0) is 26.8. The number of piperazine rings is 1. The molecule has 2 aromatic carbocycles. The van der Waals surface area contributed by atoms with E-state index in [0.29, 0.717) is 12.2 Å². The summed E-state index contributed by atoms with van der Waals surface area (Å²) in [6, 6.07) is 16.8. The molecule has 0 spiro atoms. The first-order valence-electron chi connectivity index (χ1n) is 14.1. The van der Waals surface area contributed by atoms with Crippen LogP contribution in [0.25, 0.3) is 21.5 Å². The lowest BCUT2D eigenvalue weighted by atomic mass is 9.90. The fourth-order valence-electron chi connectivity index (χ4n) is 6.09. The predicted octanol–water partition coefficient (Wildman–Crippen LogP) is 4.83. The van der Waals surface area contributed by atoms with Gasteiger partial charge in [0, 0.05) is 49.5 Å². The first-order valence-corrected chi connectivity index (χ1v) is 14.9. The maximum Gasteiger partial charge on any atom is 0.275 e. The van der Waals surface area contributed by atoms with Crippen LogP contribution in [0.4, 0.5) is 5.69 Å². The lowest BCUT2D eigenvalue weighted by Gasteiger charge is -2.36. The molecule has 204 valence electrons. The number of nitrogens with zero attached hydrogens (tertiary/aromatic N) is 4. The van der Waals surface area contributed by atoms with Crippen LogP contribution < -0.4 is 16.4 Å². The number of anilines is 1. The maximum atomic E-state index is 14.1. The van der Waals surface area contributed by atoms with E-state index in [1.165, 1.54) is 4.70 Å². The maximum absolute atomic E-state index is 14.1. The molecule has 1 amide bonds. The number of fused-ring (bicyclic) bond motifs is 1. The SMILES string of the molecule is Cc1nc2cc(NCC[C@@H]3CNCCN3C(=O)c3ncn([C@H]4CCCC[C@@H]4N)c3-c3ccccc3)ccc2s1. The molecule has 9 heteroatoms. The van der Waals surface area contributed by atoms with Gasteiger partial charge in [-0.15, -0.1) is 11.3 Å². The van der Waals surface area contributed by atoms with E-state index >= 15 is 0 Å². The van der Waals surface area contributed by atoms with Crippen molar-refractivity contribution < 1.29 is 4.79 Å². The number of imidazole rings is 1. The summed E-state index contributed by atoms with van der Waals surface area (Å²) in [7, 11) is 0. The molecule has 3 atom stereocenters. The Balaban J connectivity index is 1.22. The second kappa shape index (κ2) is 11.5. The van der Waals surface area contributed by atoms with E-state index in [-0.39, 0.29) is 24.0 Å². The van der Waals surface area contributed by atoms with Crippen LogP contribution in [0.5, 0.6) is 0 Å². The highest BCUT2D eigenvalue weighted by molar-refractivity contribution is 7.18. The quantitative estimate of drug-likeness (QED) is 0.309. The van der Waals surface area contributed by atoms with E-state index in [0.717, 1.165) is 79.2 Å². The lowest BCUT2D eigenvalue weighted by molar-refractivity contribution is 0.0624. The number of nitrogens with two attached hydrogens (primary N) is 1. The van der Waals surface area contributed by atoms with Crippen molar-refractivity contribution in [1.29, 1.82) is 0 Å². The molecule has 2 fully saturated rings. The number of carbonyl (C=O) groups excluding carboxylic acids is 1. The minimum atomic E-state index is 0.00264. The number of aryl methyl sites for hydroxylation is 1. The van der Waals surface area contributed by atoms with Gasteiger partial charge in [-0.25, -0.2) is 9.97 Å². The third-order valence-electron chi connectivity index (χ3n) is 8.09. The Labute approximate surface area is 233 Å². The van der Waals surface area contributed by atoms with Crippen LogP contribution >= 0.6 is 11.3 Å². The number of aromatic nitrogens is 3. The standard InChI is InChI=1S/C30H37N7OS/c1-20-35-25-17-22(11-12-27(25)39-20)33-14-13-23-18-32-15-16-36(23)30(38)28-29(21-7-3-2-4-8-21)37(19-34-28)26-10-6-5-9-24(26)31/h2-4,7-8,11-12,17,19,23-24,26,32-33H,5-6,9-10,13-16,18,31H2,1H3/t23-,24+,26+/m1/s1. The van der Waals surface area contributed by atoms with E-state index in [4.69, 9.17) is 10.7 Å². The summed E-state index contributed by atoms with van der Waals surface area (Å²) in [5, 5.41) is 8.11. The number of thiazole rings is 1. The van der Waals surface area contributed by atoms with Crippen molar-refractivity contribution in [2.24, 2.45) is 5.73 Å². The lowest BCUT2D eigenvalue weighted by Crippen LogP contribution is -2.54. The molecule has 1 aliphatic carbocycles. The van der Waals surface area contributed by atoms with Crippen LogP contribution in [0.3, 0.4) is 0 Å². The molecule has 1 aliphatic heterocycles. The molecule has 0 bridgehead atoms. The van der Waals surface area contributed by atoms with Gasteiger partial charge >= 0.3 is 0 Å². The van der Waals surface area contributed by atoms with Gasteiger partial charge in [0.15, 0.2) is 5.69 Å². The Morgan fingerprint density at radius 3 is 2.87 bits per heavy atom. The third-order valence-corrected chi connectivity index (χ3v) is 9.05. The van der Waals surface area contributed by atoms with Gasteiger partial charge in [0.05, 0.1) is 33.3 Å². The topological polar surface area (TPSA) is 101 Å². The van der Waals surface area contributed by atoms with Gasteiger partial charge in [0.1, 0.15) is 0 Å². The minimum absolute atomic E-state index is 0.00264. The van der Waals surface area contributed by atoms with Crippen LogP contribution in [0.1, 0.15) is 53.6 Å². The first-order chi connectivity index (χ1) is 19.1. The molecule has 4 N–H and O–H groups in total. The molecule has 0 radical (unpaired) electrons. The molecule has 2 aliphatic rings. The zero-order valence-corrected chi connectivity index (χ0v) is 23.3. The average Bonchev–Trinajstić information content (AvgIpc) is 3.56. The molecule has 1 saturated heterocycles. The van der Waals surface area contributed by atoms with E-state index in [9.17, 15) is 4.79 Å². The molecule has 39 heavy (non-hydrogen) atoms. The number of hydrogen-bond donors (Lipinski definition) is 3. The monoisotopic (exact) mass is 543 g/mol. The van der Waals surface area contributed by atoms with Gasteiger partial charge in [0.25, 0.3) is 5.91 Å². The van der Waals surface area contributed by atoms with Gasteiger partial charge in [0.2, 0.25) is 0 Å². The van der Waals surface area contributed by atoms with Crippen LogP contribution in [-0.4, -0.2) is 63.6 Å². The highest BCUT2D eigenvalue weighted by Crippen LogP contribution is 2.34. The molecular weight excluding hydrogens is 506 g/mol. The summed E-state index contributed by atoms with van der Waals surface area (Å²) in [5.74, 6) is 0.00264. The highest BCUT2D eigenvalue weighted by Gasteiger charge is 2.33. The largest absolute Gasteiger partial charge is 0.385 e. The van der Waals surface area contributed by atoms with Crippen molar-refractivity contribution in [2.75, 3.05) is 31.5 Å². The summed E-state index contributed by atoms with van der Waals surface area (Å²) in [6.07, 6.45) is 7.01. The summed E-state index contributed by atoms with van der Waals surface area (Å²) in [4.78, 5) is 25.5. The van der Waals surface area contributed by atoms with Gasteiger partial charge in [-0.1, -0.05) is 43.2 Å². The van der Waals surface area contributed by atoms with Crippen molar-refractivity contribution in [2.45, 2.75) is 57.2 Å². The third kappa shape index (κ3) is 5.44. The average molecular weight is 544 g/mol. The van der Waals surface area contributed by atoms with Gasteiger partial charge in [-0.2, -0.15) is 0 Å². The van der Waals surface area contributed by atoms with Crippen LogP contribution in [0, 0.1) is 6.92 Å². The van der Waals surface area contributed by atoms with Crippen LogP contribution in [0.15, 0.2) is 54.9 Å². The van der Waals surface area contributed by atoms with E-state index < -0.39 is 0 Å². The number of hydrogen-bond acceptors (Lipinski definition) is 7. The first kappa shape index (κ1) is 26.0. The van der Waals surface area contributed by atoms with Crippen LogP contribution in [-0.2, 0) is 0 Å². The fourth-order valence-corrected chi connectivity index (χ4v) is 6.90. The normalized spacial score (nSPS) is 21.8.